The van der Waals surface area contributed by atoms with Crippen LogP contribution >= 0.6 is 35.6 Å². The van der Waals surface area contributed by atoms with Gasteiger partial charge in [-0.25, -0.2) is 0 Å². The molecule has 1 heterocycles. The van der Waals surface area contributed by atoms with E-state index in [2.05, 4.69) is 5.32 Å². The summed E-state index contributed by atoms with van der Waals surface area (Å²) in [5.41, 5.74) is -0.238. The number of hydrogen-bond acceptors (Lipinski definition) is 4. The van der Waals surface area contributed by atoms with Gasteiger partial charge in [0.05, 0.1) is 17.2 Å². The summed E-state index contributed by atoms with van der Waals surface area (Å²) >= 11 is 11.9. The van der Waals surface area contributed by atoms with E-state index >= 15 is 0 Å². The van der Waals surface area contributed by atoms with Crippen molar-refractivity contribution < 1.29 is 21.5 Å². The van der Waals surface area contributed by atoms with Crippen molar-refractivity contribution in [1.29, 1.82) is 0 Å². The highest BCUT2D eigenvalue weighted by Crippen LogP contribution is 2.40. The van der Waals surface area contributed by atoms with Crippen molar-refractivity contribution in [3.05, 3.63) is 21.7 Å². The number of amides is 1. The third-order valence-electron chi connectivity index (χ3n) is 3.61. The van der Waals surface area contributed by atoms with Crippen LogP contribution in [-0.4, -0.2) is 48.7 Å². The molecule has 8 heteroatoms. The third kappa shape index (κ3) is 4.35. The summed E-state index contributed by atoms with van der Waals surface area (Å²) in [6.45, 7) is -5.08. The Bertz CT molecular complexity index is 734. The van der Waals surface area contributed by atoms with Crippen LogP contribution in [0, 0.1) is 0 Å². The van der Waals surface area contributed by atoms with Gasteiger partial charge in [-0.05, 0) is 31.9 Å². The number of nitrogens with one attached hydrogen (secondary N) is 1. The maximum atomic E-state index is 12.6. The maximum absolute atomic E-state index is 12.6. The summed E-state index contributed by atoms with van der Waals surface area (Å²) in [6.07, 6.45) is 1.13. The largest absolute Gasteiger partial charge is 0.505 e. The molecule has 0 aliphatic carbocycles. The molecule has 2 N–H and O–H groups in total. The highest BCUT2D eigenvalue weighted by molar-refractivity contribution is 6.37. The fraction of sp³-hybridized carbons (Fsp3) is 0.533. The molecule has 0 unspecified atom stereocenters. The first-order chi connectivity index (χ1) is 12.4. The molecule has 1 aromatic carbocycles. The molecule has 0 spiro atoms. The zero-order valence-electron chi connectivity index (χ0n) is 17.4. The van der Waals surface area contributed by atoms with E-state index < -0.39 is 31.0 Å². The summed E-state index contributed by atoms with van der Waals surface area (Å²) in [7, 11) is 1.29. The number of rotatable bonds is 5. The van der Waals surface area contributed by atoms with Crippen LogP contribution in [0.15, 0.2) is 6.07 Å². The Kier molecular flexibility index (Phi) is 5.15. The number of carbonyl (C=O) groups is 1. The Morgan fingerprint density at radius 3 is 3.00 bits per heavy atom. The fourth-order valence-electron chi connectivity index (χ4n) is 2.50. The van der Waals surface area contributed by atoms with Gasteiger partial charge >= 0.3 is 0 Å². The Morgan fingerprint density at radius 2 is 2.35 bits per heavy atom. The molecule has 1 amide bonds. The second-order valence-corrected chi connectivity index (χ2v) is 5.72. The van der Waals surface area contributed by atoms with Gasteiger partial charge < -0.3 is 15.2 Å². The summed E-state index contributed by atoms with van der Waals surface area (Å²) in [5.74, 6) is -1.25. The molecule has 130 valence electrons. The zero-order chi connectivity index (χ0) is 20.6. The molecule has 0 aromatic heterocycles. The number of halogens is 3. The average Bonchev–Trinajstić information content (AvgIpc) is 3.03. The van der Waals surface area contributed by atoms with Gasteiger partial charge in [0, 0.05) is 19.4 Å². The Morgan fingerprint density at radius 1 is 1.61 bits per heavy atom. The van der Waals surface area contributed by atoms with Gasteiger partial charge in [0.15, 0.2) is 11.5 Å². The van der Waals surface area contributed by atoms with Crippen molar-refractivity contribution in [2.24, 2.45) is 0 Å². The molecule has 5 nitrogen and oxygen atoms in total. The van der Waals surface area contributed by atoms with Gasteiger partial charge in [-0.3, -0.25) is 9.69 Å². The second-order valence-electron chi connectivity index (χ2n) is 4.91. The van der Waals surface area contributed by atoms with Gasteiger partial charge in [0.1, 0.15) is 5.56 Å². The smallest absolute Gasteiger partial charge is 0.259 e. The number of carbonyl (C=O) groups excluding carboxylic acids is 1. The van der Waals surface area contributed by atoms with Crippen LogP contribution in [0.4, 0.5) is 0 Å². The predicted molar refractivity (Wildman–Crippen MR) is 94.5 cm³/mol. The number of benzene rings is 1. The Hall–Kier alpha value is -0.880. The lowest BCUT2D eigenvalue weighted by molar-refractivity contribution is 0.0935. The van der Waals surface area contributed by atoms with Crippen LogP contribution in [-0.2, 0) is 0 Å². The number of phenols is 1. The number of nitrogens with zero attached hydrogens (tertiary/aromatic N) is 1. The summed E-state index contributed by atoms with van der Waals surface area (Å²) in [6, 6.07) is 0.740. The molecule has 1 aliphatic rings. The van der Waals surface area contributed by atoms with E-state index in [1.165, 1.54) is 18.1 Å². The third-order valence-corrected chi connectivity index (χ3v) is 4.18. The predicted octanol–water partition coefficient (Wildman–Crippen LogP) is 3.34. The molecular weight excluding hydrogens is 363 g/mol. The van der Waals surface area contributed by atoms with Crippen molar-refractivity contribution in [2.75, 3.05) is 26.7 Å². The Labute approximate surface area is 159 Å². The van der Waals surface area contributed by atoms with Crippen LogP contribution in [0.25, 0.3) is 0 Å². The number of aromatic hydroxyl groups is 1. The fourth-order valence-corrected chi connectivity index (χ4v) is 3.04. The minimum Gasteiger partial charge on any atom is -0.505 e. The van der Waals surface area contributed by atoms with Crippen LogP contribution in [0.2, 0.25) is 10.0 Å². The van der Waals surface area contributed by atoms with Crippen molar-refractivity contribution >= 4 is 41.5 Å². The second kappa shape index (κ2) is 8.83. The van der Waals surface area contributed by atoms with Crippen molar-refractivity contribution in [1.82, 2.24) is 10.2 Å². The summed E-state index contributed by atoms with van der Waals surface area (Å²) in [5, 5.41) is 12.6. The van der Waals surface area contributed by atoms with Crippen molar-refractivity contribution in [3.8, 4) is 11.5 Å². The van der Waals surface area contributed by atoms with Gasteiger partial charge in [0.2, 0.25) is 0 Å². The summed E-state index contributed by atoms with van der Waals surface area (Å²) < 4.78 is 43.2. The summed E-state index contributed by atoms with van der Waals surface area (Å²) in [4.78, 5) is 13.8. The van der Waals surface area contributed by atoms with E-state index in [-0.39, 0.29) is 46.9 Å². The topological polar surface area (TPSA) is 61.8 Å². The van der Waals surface area contributed by atoms with Gasteiger partial charge in [0.25, 0.3) is 5.91 Å². The molecule has 1 aromatic rings. The molecule has 1 aliphatic heterocycles. The number of hydrogen-bond donors (Lipinski definition) is 2. The molecule has 23 heavy (non-hydrogen) atoms. The van der Waals surface area contributed by atoms with Gasteiger partial charge in [-0.15, -0.1) is 12.4 Å². The zero-order valence-corrected chi connectivity index (χ0v) is 14.7. The van der Waals surface area contributed by atoms with Gasteiger partial charge in [-0.1, -0.05) is 30.1 Å². The standard InChI is InChI=1S/C15H20Cl2N2O3.ClH/c1-3-19-6-4-5-9(19)8-18-15(21)12-13(20)10(16)7-11(17)14(12)22-2;/h7,9,20H,3-6,8H2,1-2H3,(H,18,21);1H/t9-;/m1./s1/i1D3,3D2;. The SMILES string of the molecule is Cl.[2H]C([2H])([2H])C([2H])([2H])N1CCC[C@@H]1CNC(=O)c1c(O)c(Cl)cc(Cl)c1OC. The average molecular weight is 389 g/mol. The van der Waals surface area contributed by atoms with E-state index in [0.717, 1.165) is 0 Å². The molecule has 1 atom stereocenters. The lowest BCUT2D eigenvalue weighted by Crippen LogP contribution is -2.40. The molecule has 0 saturated carbocycles. The van der Waals surface area contributed by atoms with E-state index in [0.29, 0.717) is 12.8 Å². The van der Waals surface area contributed by atoms with E-state index in [9.17, 15) is 9.90 Å². The number of likely N-dealkylation sites (tertiary alicyclic amines) is 1. The van der Waals surface area contributed by atoms with E-state index in [1.54, 1.807) is 0 Å². The monoisotopic (exact) mass is 387 g/mol. The molecule has 2 rings (SSSR count). The molecular formula is C15H21Cl3N2O3. The van der Waals surface area contributed by atoms with Crippen LogP contribution < -0.4 is 10.1 Å². The van der Waals surface area contributed by atoms with E-state index in [1.807, 2.05) is 0 Å². The molecule has 1 saturated heterocycles. The maximum Gasteiger partial charge on any atom is 0.259 e. The first-order valence-corrected chi connectivity index (χ1v) is 7.47. The number of likely N-dealkylation sites (N-methyl/N-ethyl adjacent to an activating group) is 1. The van der Waals surface area contributed by atoms with Crippen molar-refractivity contribution in [3.63, 3.8) is 0 Å². The number of phenolic OH excluding ortho intramolecular Hbond substituents is 1. The minimum absolute atomic E-state index is 0. The van der Waals surface area contributed by atoms with E-state index in [4.69, 9.17) is 34.8 Å². The first-order valence-electron chi connectivity index (χ1n) is 9.21. The van der Waals surface area contributed by atoms with Crippen LogP contribution in [0.1, 0.15) is 36.9 Å². The number of ether oxygens (including phenoxy) is 1. The number of methoxy groups -OCH3 is 1. The molecule has 0 radical (unpaired) electrons. The minimum atomic E-state index is -2.82. The quantitative estimate of drug-likeness (QED) is 0.812. The highest BCUT2D eigenvalue weighted by atomic mass is 35.5. The molecule has 0 bridgehead atoms. The first kappa shape index (κ1) is 13.4. The van der Waals surface area contributed by atoms with Crippen LogP contribution in [0.5, 0.6) is 11.5 Å². The lowest BCUT2D eigenvalue weighted by atomic mass is 10.1. The molecule has 1 fully saturated rings. The van der Waals surface area contributed by atoms with Gasteiger partial charge in [-0.2, -0.15) is 0 Å². The highest BCUT2D eigenvalue weighted by Gasteiger charge is 2.26. The van der Waals surface area contributed by atoms with Crippen molar-refractivity contribution in [2.45, 2.75) is 25.7 Å². The lowest BCUT2D eigenvalue weighted by Gasteiger charge is -2.23. The Balaban J connectivity index is 0.00000392. The normalized spacial score (nSPS) is 22.0. The van der Waals surface area contributed by atoms with Crippen LogP contribution in [0.3, 0.4) is 0 Å².